The Morgan fingerprint density at radius 2 is 0.592 bits per heavy atom. The Labute approximate surface area is 862 Å². The van der Waals surface area contributed by atoms with E-state index in [4.69, 9.17) is 125 Å². The Kier molecular flexibility index (Phi) is 33.3. The van der Waals surface area contributed by atoms with Crippen molar-refractivity contribution in [2.24, 2.45) is 0 Å². The molecule has 0 aliphatic carbocycles. The zero-order valence-electron chi connectivity index (χ0n) is 77.1. The van der Waals surface area contributed by atoms with Crippen molar-refractivity contribution in [3.63, 3.8) is 0 Å². The highest BCUT2D eigenvalue weighted by molar-refractivity contribution is 8.46. The average molecular weight is 2330 g/mol. The van der Waals surface area contributed by atoms with Crippen molar-refractivity contribution in [2.45, 2.75) is 215 Å². The van der Waals surface area contributed by atoms with Gasteiger partial charge in [-0.2, -0.15) is 19.9 Å². The van der Waals surface area contributed by atoms with Gasteiger partial charge in [-0.1, -0.05) is 92.7 Å². The Balaban J connectivity index is 0.580. The van der Waals surface area contributed by atoms with Crippen LogP contribution in [0.2, 0.25) is 0 Å². The molecule has 0 aromatic carbocycles. The van der Waals surface area contributed by atoms with Crippen LogP contribution < -0.4 is 73.7 Å². The van der Waals surface area contributed by atoms with E-state index in [9.17, 15) is 61.2 Å². The largest absolute Gasteiger partial charge is 0.386 e. The van der Waals surface area contributed by atoms with Crippen molar-refractivity contribution in [3.8, 4) is 0 Å². The van der Waals surface area contributed by atoms with Gasteiger partial charge in [-0.05, 0) is 34.1 Å². The van der Waals surface area contributed by atoms with Crippen LogP contribution in [0.25, 0.3) is 33.5 Å². The molecule has 7 fully saturated rings. The molecule has 14 unspecified atom stereocenters. The van der Waals surface area contributed by atoms with Crippen LogP contribution in [0, 0.1) is 27.7 Å². The summed E-state index contributed by atoms with van der Waals surface area (Å²) in [5.41, 5.74) is 24.4. The number of nitrogen functional groups attached to an aromatic ring is 5. The number of aromatic nitrogens is 20. The van der Waals surface area contributed by atoms with Crippen LogP contribution in [0.15, 0.2) is 88.5 Å². The molecule has 0 radical (unpaired) electrons. The molecule has 17 heterocycles. The number of thiol groups is 7. The summed E-state index contributed by atoms with van der Waals surface area (Å²) in [5.74, 6) is -0.858. The molecule has 17 rings (SSSR count). The third-order valence-electron chi connectivity index (χ3n) is 24.3. The van der Waals surface area contributed by atoms with E-state index in [0.717, 1.165) is 37.9 Å². The third kappa shape index (κ3) is 25.6. The summed E-state index contributed by atoms with van der Waals surface area (Å²) in [6.45, 7) is -30.0. The SMILES string of the molecule is CC[C@H]1O[C@@H](n2cc(C)c(=O)[nH]c2=O)CC1OP(=O)(S)OC[C@H]1O[C@@H](n2cnc3c(=O)[nH]c(N)nc32)CC1OP(=O)(S)OC[C@H]1O[C@@H](n2cc(C)c(=O)[nH]c2=O)CC1OP(=O)(S)OC[C@H]1O[C@@H](n2cc(C)c(N)nc2=O)CC1OP(=O)(S)OC[C@H]1O[C@@H](n2cc(C)c(N)nc2=O)CC1OP(=O)(S)OC[C@H]1O[C@@H](n2cnc3c(N)ncnc32)CC1OP(=O)(S)OC[C@H]1O[C@@H](n2cnc3c(=O)[nH]c(N)nc32)CC1OP(=O)(S)OC. The van der Waals surface area contributed by atoms with Gasteiger partial charge in [0.05, 0.1) is 70.8 Å². The van der Waals surface area contributed by atoms with Crippen LogP contribution in [-0.4, -0.2) is 229 Å². The van der Waals surface area contributed by atoms with Crippen molar-refractivity contribution in [1.29, 1.82) is 0 Å². The number of nitrogens with zero attached hydrogens (tertiary/aromatic N) is 16. The number of anilines is 5. The van der Waals surface area contributed by atoms with Crippen LogP contribution in [0.5, 0.6) is 0 Å². The number of hydrogen-bond acceptors (Lipinski definition) is 50. The Hall–Kier alpha value is -7.41. The second-order valence-electron chi connectivity index (χ2n) is 34.3. The van der Waals surface area contributed by atoms with Crippen molar-refractivity contribution in [2.75, 3.05) is 75.4 Å². The van der Waals surface area contributed by atoms with Gasteiger partial charge >= 0.3 is 70.3 Å². The number of ether oxygens (including phenoxy) is 7. The van der Waals surface area contributed by atoms with Crippen LogP contribution in [0.3, 0.4) is 0 Å². The minimum atomic E-state index is -4.93. The molecule has 0 amide bonds. The van der Waals surface area contributed by atoms with Crippen molar-refractivity contribution in [3.05, 3.63) is 156 Å². The average Bonchev–Trinajstić information content (AvgIpc) is 1.84. The standard InChI is InChI=1S/C72H96N25O36P7S7/c1-7-33-34(8-47(120-33)93-17-31(4)63(98)89-71(93)104)128-135(107,142)114-24-46-40(14-53(126-46)97-28-82-56-62(97)86-68(77)88-66(56)101)133-140(112,147)118-22-44-38(11-50(123-44)94-18-32(5)64(99)90-72(94)105)131-137(109,144)117-21-42-36(9-48(121-42)91-15-29(2)57(73)83-69(91)102)129-136(108,143)116-20-43-37(10-49(122-43)92-16-30(3)58(74)84-70(92)103)130-138(110,145)119-23-45-39(13-51(124-45)95-26-80-54-59(75)78-25-79-60(54)95)132-139(111,146)115-19-41-35(127-134(106,141)113-6)12-52(125-41)96-27-81-55-61(96)85-67(76)87-65(55)100/h15-18,25-28,33-53H,7-14,19-24H2,1-6H3,(H,106,141)(H,107,142)(H,108,143)(H,109,144)(H,110,145)(H,111,146)(H,112,147)(H2,73,83,102)(H2,74,84,103)(H2,75,78,79)(H,89,98,104)(H,90,99,105)(H3,76,85,87,100)(H3,77,86,88,101)/t33-,34?,35?,36?,37?,38?,39?,40?,41-,42-,43-,44-,45-,46-,47-,48-,49-,50-,51-,52-,53-,134?,135?,136?,137?,138?,139?,140?/m1/s1. The second-order valence-corrected chi connectivity index (χ2v) is 54.5. The first-order chi connectivity index (χ1) is 69.2. The summed E-state index contributed by atoms with van der Waals surface area (Å²) in [7, 11) is 1.08. The molecule has 147 heavy (non-hydrogen) atoms. The van der Waals surface area contributed by atoms with Gasteiger partial charge < -0.3 is 66.4 Å². The summed E-state index contributed by atoms with van der Waals surface area (Å²) in [6, 6.07) is 0. The molecule has 75 heteroatoms. The highest BCUT2D eigenvalue weighted by atomic mass is 32.7. The van der Waals surface area contributed by atoms with Gasteiger partial charge in [-0.25, -0.2) is 76.1 Å². The first-order valence-corrected chi connectivity index (χ1v) is 62.9. The van der Waals surface area contributed by atoms with E-state index >= 15 is 9.13 Å². The minimum absolute atomic E-state index is 0.00136. The summed E-state index contributed by atoms with van der Waals surface area (Å²) in [6.07, 6.45) is -19.7. The molecular weight excluding hydrogens is 2230 g/mol. The number of aryl methyl sites for hydroxylation is 4. The van der Waals surface area contributed by atoms with Gasteiger partial charge in [-0.3, -0.25) is 130 Å². The molecule has 28 atom stereocenters. The molecule has 0 spiro atoms. The molecule has 7 aliphatic heterocycles. The smallest absolute Gasteiger partial charge is 0.383 e. The van der Waals surface area contributed by atoms with E-state index in [2.05, 4.69) is 151 Å². The van der Waals surface area contributed by atoms with E-state index in [1.807, 2.05) is 0 Å². The van der Waals surface area contributed by atoms with Gasteiger partial charge in [0.15, 0.2) is 33.8 Å². The van der Waals surface area contributed by atoms with E-state index in [1.165, 1.54) is 79.0 Å². The number of nitrogens with one attached hydrogen (secondary N) is 4. The zero-order chi connectivity index (χ0) is 106. The van der Waals surface area contributed by atoms with Gasteiger partial charge in [0, 0.05) is 99.1 Å². The zero-order valence-corrected chi connectivity index (χ0v) is 89.7. The summed E-state index contributed by atoms with van der Waals surface area (Å²) in [5, 5.41) is 0. The predicted octanol–water partition coefficient (Wildman–Crippen LogP) is 5.98. The monoisotopic (exact) mass is 2330 g/mol. The van der Waals surface area contributed by atoms with Gasteiger partial charge in [0.25, 0.3) is 22.2 Å². The lowest BCUT2D eigenvalue weighted by molar-refractivity contribution is -0.0537. The maximum atomic E-state index is 15.1. The normalized spacial score (nSPS) is 29.4. The highest BCUT2D eigenvalue weighted by Gasteiger charge is 2.53. The number of H-pyrrole nitrogens is 4. The first-order valence-electron chi connectivity index (χ1n) is 44.0. The molecule has 7 saturated heterocycles. The lowest BCUT2D eigenvalue weighted by Crippen LogP contribution is -2.33. The maximum absolute atomic E-state index is 15.1. The van der Waals surface area contributed by atoms with E-state index in [-0.39, 0.29) is 112 Å². The van der Waals surface area contributed by atoms with E-state index < -0.39 is 281 Å². The van der Waals surface area contributed by atoms with Crippen LogP contribution in [-0.2, 0) is 128 Å². The van der Waals surface area contributed by atoms with Gasteiger partial charge in [0.1, 0.15) is 140 Å². The number of fused-ring (bicyclic) bond motifs is 3. The molecular formula is C72H96N25O36P7S7. The van der Waals surface area contributed by atoms with E-state index in [1.54, 1.807) is 6.92 Å². The summed E-state index contributed by atoms with van der Waals surface area (Å²) < 4.78 is 237. The van der Waals surface area contributed by atoms with Crippen LogP contribution in [0.4, 0.5) is 29.4 Å². The number of aromatic amines is 4. The van der Waals surface area contributed by atoms with Gasteiger partial charge in [-0.15, -0.1) is 0 Å². The molecule has 802 valence electrons. The number of hydrogen-bond donors (Lipinski definition) is 16. The fourth-order valence-corrected chi connectivity index (χ4v) is 27.3. The minimum Gasteiger partial charge on any atom is -0.383 e. The molecule has 10 aromatic heterocycles. The van der Waals surface area contributed by atoms with Crippen molar-refractivity contribution in [1.82, 2.24) is 96.8 Å². The Bertz CT molecular complexity index is 7590. The lowest BCUT2D eigenvalue weighted by atomic mass is 10.1. The molecule has 10 aromatic rings. The molecule has 0 bridgehead atoms. The molecule has 7 aliphatic rings. The Morgan fingerprint density at radius 3 is 0.898 bits per heavy atom. The summed E-state index contributed by atoms with van der Waals surface area (Å²) in [4.78, 5) is 151. The number of rotatable bonds is 41. The second kappa shape index (κ2) is 44.2. The lowest BCUT2D eigenvalue weighted by Gasteiger charge is -2.27. The van der Waals surface area contributed by atoms with E-state index in [0.29, 0.717) is 5.56 Å². The number of imidazole rings is 3. The maximum Gasteiger partial charge on any atom is 0.386 e. The summed E-state index contributed by atoms with van der Waals surface area (Å²) >= 11 is 30.0. The first kappa shape index (κ1) is 111. The predicted molar refractivity (Wildman–Crippen MR) is 535 cm³/mol. The molecule has 0 saturated carbocycles. The topological polar surface area (TPSA) is 794 Å². The quantitative estimate of drug-likeness (QED) is 0.0155. The highest BCUT2D eigenvalue weighted by Crippen LogP contribution is 2.65. The number of nitrogens with two attached hydrogens (primary N) is 5. The van der Waals surface area contributed by atoms with Crippen molar-refractivity contribution < 1.29 is 128 Å². The fraction of sp³-hybridized carbons (Fsp3) is 0.569. The fourth-order valence-electron chi connectivity index (χ4n) is 17.1. The molecule has 14 N–H and O–H groups in total. The third-order valence-corrected chi connectivity index (χ3v) is 35.9. The molecule has 61 nitrogen and oxygen atoms in total. The van der Waals surface area contributed by atoms with Crippen molar-refractivity contribution >= 4 is 196 Å². The van der Waals surface area contributed by atoms with Crippen LogP contribution >= 0.6 is 133 Å². The van der Waals surface area contributed by atoms with Gasteiger partial charge in [0.2, 0.25) is 11.9 Å². The Morgan fingerprint density at radius 1 is 0.327 bits per heavy atom. The van der Waals surface area contributed by atoms with Crippen LogP contribution in [0.1, 0.15) is 124 Å².